The fraction of sp³-hybridized carbons (Fsp3) is 0.318. The quantitative estimate of drug-likeness (QED) is 0.194. The molecule has 0 heterocycles. The van der Waals surface area contributed by atoms with Gasteiger partial charge in [0.15, 0.2) is 11.7 Å². The maximum Gasteiger partial charge on any atom is 0.322 e. The minimum absolute atomic E-state index is 0.204. The van der Waals surface area contributed by atoms with Gasteiger partial charge in [0.2, 0.25) is 0 Å². The molecule has 27 heavy (non-hydrogen) atoms. The third-order valence-electron chi connectivity index (χ3n) is 4.06. The Morgan fingerprint density at radius 1 is 1.07 bits per heavy atom. The van der Waals surface area contributed by atoms with Crippen LogP contribution in [0.4, 0.5) is 0 Å². The molecule has 0 saturated carbocycles. The second-order valence-corrected chi connectivity index (χ2v) is 6.48. The maximum atomic E-state index is 12.7. The number of aryl methyl sites for hydroxylation is 1. The molecule has 0 fully saturated rings. The lowest BCUT2D eigenvalue weighted by atomic mass is 9.98. The molecule has 0 bridgehead atoms. The zero-order valence-electron chi connectivity index (χ0n) is 15.4. The van der Waals surface area contributed by atoms with Gasteiger partial charge in [0.25, 0.3) is 0 Å². The lowest BCUT2D eigenvalue weighted by Gasteiger charge is -2.11. The summed E-state index contributed by atoms with van der Waals surface area (Å²) in [5, 5.41) is 0.313. The fourth-order valence-corrected chi connectivity index (χ4v) is 2.88. The molecule has 1 atom stereocenters. The van der Waals surface area contributed by atoms with Crippen molar-refractivity contribution in [3.8, 4) is 0 Å². The van der Waals surface area contributed by atoms with Gasteiger partial charge in [-0.1, -0.05) is 54.1 Å². The normalized spacial score (nSPS) is 12.1. The SMILES string of the molecule is CCOC(=O)C(C=NCCCCc1ccccc1)C(=O)c1ccccc1Cl. The Morgan fingerprint density at radius 2 is 1.78 bits per heavy atom. The highest BCUT2D eigenvalue weighted by Gasteiger charge is 2.28. The molecule has 2 rings (SSSR count). The van der Waals surface area contributed by atoms with Crippen molar-refractivity contribution in [2.24, 2.45) is 10.9 Å². The van der Waals surface area contributed by atoms with Gasteiger partial charge in [-0.2, -0.15) is 0 Å². The molecule has 2 aromatic rings. The predicted octanol–water partition coefficient (Wildman–Crippen LogP) is 4.80. The number of aliphatic imine (C=N–C) groups is 1. The first-order valence-corrected chi connectivity index (χ1v) is 9.50. The van der Waals surface area contributed by atoms with E-state index in [0.29, 0.717) is 17.1 Å². The average molecular weight is 386 g/mol. The Bertz CT molecular complexity index is 774. The first kappa shape index (κ1) is 20.8. The topological polar surface area (TPSA) is 55.7 Å². The van der Waals surface area contributed by atoms with E-state index in [4.69, 9.17) is 16.3 Å². The number of esters is 1. The fourth-order valence-electron chi connectivity index (χ4n) is 2.65. The number of nitrogens with zero attached hydrogens (tertiary/aromatic N) is 1. The zero-order valence-corrected chi connectivity index (χ0v) is 16.2. The van der Waals surface area contributed by atoms with E-state index < -0.39 is 17.7 Å². The van der Waals surface area contributed by atoms with Crippen LogP contribution in [0.5, 0.6) is 0 Å². The Hall–Kier alpha value is -2.46. The van der Waals surface area contributed by atoms with Gasteiger partial charge >= 0.3 is 5.97 Å². The third-order valence-corrected chi connectivity index (χ3v) is 4.39. The summed E-state index contributed by atoms with van der Waals surface area (Å²) in [7, 11) is 0. The number of carbonyl (C=O) groups excluding carboxylic acids is 2. The molecule has 0 aromatic heterocycles. The molecule has 0 amide bonds. The summed E-state index contributed by atoms with van der Waals surface area (Å²) < 4.78 is 5.03. The molecule has 0 aliphatic carbocycles. The number of hydrogen-bond acceptors (Lipinski definition) is 4. The van der Waals surface area contributed by atoms with E-state index in [1.165, 1.54) is 11.8 Å². The predicted molar refractivity (Wildman–Crippen MR) is 109 cm³/mol. The van der Waals surface area contributed by atoms with Crippen molar-refractivity contribution in [3.05, 3.63) is 70.7 Å². The highest BCUT2D eigenvalue weighted by Crippen LogP contribution is 2.19. The lowest BCUT2D eigenvalue weighted by Crippen LogP contribution is -2.28. The van der Waals surface area contributed by atoms with Crippen molar-refractivity contribution in [2.45, 2.75) is 26.2 Å². The van der Waals surface area contributed by atoms with Crippen LogP contribution in [0.15, 0.2) is 59.6 Å². The number of unbranched alkanes of at least 4 members (excludes halogenated alkanes) is 1. The monoisotopic (exact) mass is 385 g/mol. The first-order valence-electron chi connectivity index (χ1n) is 9.12. The number of hydrogen-bond donors (Lipinski definition) is 0. The standard InChI is InChI=1S/C22H24ClNO3/c1-2-27-22(26)19(21(25)18-13-6-7-14-20(18)23)16-24-15-9-8-12-17-10-4-3-5-11-17/h3-7,10-11,13-14,16,19H,2,8-9,12,15H2,1H3. The molecule has 0 N–H and O–H groups in total. The molecule has 0 radical (unpaired) electrons. The summed E-state index contributed by atoms with van der Waals surface area (Å²) in [6, 6.07) is 16.9. The molecule has 1 unspecified atom stereocenters. The second-order valence-electron chi connectivity index (χ2n) is 6.07. The molecule has 0 spiro atoms. The minimum atomic E-state index is -1.07. The number of ketones is 1. The smallest absolute Gasteiger partial charge is 0.322 e. The highest BCUT2D eigenvalue weighted by molar-refractivity contribution is 6.35. The van der Waals surface area contributed by atoms with E-state index in [2.05, 4.69) is 17.1 Å². The number of benzene rings is 2. The molecule has 2 aromatic carbocycles. The van der Waals surface area contributed by atoms with Crippen LogP contribution in [-0.4, -0.2) is 31.1 Å². The van der Waals surface area contributed by atoms with E-state index in [1.54, 1.807) is 31.2 Å². The van der Waals surface area contributed by atoms with Gasteiger partial charge in [0, 0.05) is 18.3 Å². The van der Waals surface area contributed by atoms with Crippen LogP contribution >= 0.6 is 11.6 Å². The summed E-state index contributed by atoms with van der Waals surface area (Å²) in [4.78, 5) is 29.2. The molecular weight excluding hydrogens is 362 g/mol. The van der Waals surface area contributed by atoms with E-state index >= 15 is 0 Å². The number of rotatable bonds is 10. The second kappa shape index (κ2) is 11.3. The van der Waals surface area contributed by atoms with Crippen LogP contribution in [0, 0.1) is 5.92 Å². The summed E-state index contributed by atoms with van der Waals surface area (Å²) in [6.45, 7) is 2.46. The summed E-state index contributed by atoms with van der Waals surface area (Å²) in [5.74, 6) is -2.07. The Morgan fingerprint density at radius 3 is 2.48 bits per heavy atom. The molecule has 5 heteroatoms. The van der Waals surface area contributed by atoms with Gasteiger partial charge in [-0.25, -0.2) is 0 Å². The van der Waals surface area contributed by atoms with Crippen LogP contribution in [0.2, 0.25) is 5.02 Å². The number of ether oxygens (including phenoxy) is 1. The van der Waals surface area contributed by atoms with Crippen molar-refractivity contribution in [2.75, 3.05) is 13.2 Å². The largest absolute Gasteiger partial charge is 0.465 e. The summed E-state index contributed by atoms with van der Waals surface area (Å²) in [5.41, 5.74) is 1.59. The lowest BCUT2D eigenvalue weighted by molar-refractivity contribution is -0.143. The van der Waals surface area contributed by atoms with Crippen molar-refractivity contribution < 1.29 is 14.3 Å². The van der Waals surface area contributed by atoms with Crippen LogP contribution in [0.25, 0.3) is 0 Å². The van der Waals surface area contributed by atoms with E-state index in [0.717, 1.165) is 19.3 Å². The van der Waals surface area contributed by atoms with Gasteiger partial charge in [-0.3, -0.25) is 14.6 Å². The van der Waals surface area contributed by atoms with Crippen molar-refractivity contribution >= 4 is 29.6 Å². The highest BCUT2D eigenvalue weighted by atomic mass is 35.5. The third kappa shape index (κ3) is 6.65. The zero-order chi connectivity index (χ0) is 19.5. The van der Waals surface area contributed by atoms with Gasteiger partial charge < -0.3 is 4.74 Å². The van der Waals surface area contributed by atoms with Crippen LogP contribution in [-0.2, 0) is 16.0 Å². The van der Waals surface area contributed by atoms with Crippen molar-refractivity contribution in [3.63, 3.8) is 0 Å². The van der Waals surface area contributed by atoms with Crippen LogP contribution in [0.1, 0.15) is 35.7 Å². The Labute approximate surface area is 165 Å². The van der Waals surface area contributed by atoms with E-state index in [9.17, 15) is 9.59 Å². The van der Waals surface area contributed by atoms with E-state index in [-0.39, 0.29) is 6.61 Å². The molecule has 0 saturated heterocycles. The minimum Gasteiger partial charge on any atom is -0.465 e. The van der Waals surface area contributed by atoms with Gasteiger partial charge in [0.05, 0.1) is 11.6 Å². The number of halogens is 1. The van der Waals surface area contributed by atoms with Crippen molar-refractivity contribution in [1.29, 1.82) is 0 Å². The average Bonchev–Trinajstić information content (AvgIpc) is 2.68. The summed E-state index contributed by atoms with van der Waals surface area (Å²) in [6.07, 6.45) is 4.24. The first-order chi connectivity index (χ1) is 13.1. The number of Topliss-reactive ketones (excluding diaryl/α,β-unsaturated/α-hetero) is 1. The number of carbonyl (C=O) groups is 2. The summed E-state index contributed by atoms with van der Waals surface area (Å²) >= 11 is 6.09. The Kier molecular flexibility index (Phi) is 8.72. The van der Waals surface area contributed by atoms with Crippen LogP contribution < -0.4 is 0 Å². The van der Waals surface area contributed by atoms with Gasteiger partial charge in [-0.05, 0) is 43.9 Å². The van der Waals surface area contributed by atoms with Crippen LogP contribution in [0.3, 0.4) is 0 Å². The Balaban J connectivity index is 1.93. The molecular formula is C22H24ClNO3. The van der Waals surface area contributed by atoms with Gasteiger partial charge in [-0.15, -0.1) is 0 Å². The molecule has 0 aliphatic rings. The molecule has 142 valence electrons. The van der Waals surface area contributed by atoms with Crippen molar-refractivity contribution in [1.82, 2.24) is 0 Å². The van der Waals surface area contributed by atoms with E-state index in [1.807, 2.05) is 18.2 Å². The van der Waals surface area contributed by atoms with Gasteiger partial charge in [0.1, 0.15) is 0 Å². The maximum absolute atomic E-state index is 12.7. The molecule has 0 aliphatic heterocycles. The molecule has 4 nitrogen and oxygen atoms in total.